The number of ether oxygens (including phenoxy) is 1. The Hall–Kier alpha value is -2.85. The third kappa shape index (κ3) is 5.85. The molecule has 1 unspecified atom stereocenters. The molecule has 8 rings (SSSR count). The highest BCUT2D eigenvalue weighted by atomic mass is 19.4. The number of alkyl halides is 3. The zero-order valence-electron chi connectivity index (χ0n) is 30.5. The van der Waals surface area contributed by atoms with E-state index in [9.17, 15) is 33.0 Å². The summed E-state index contributed by atoms with van der Waals surface area (Å²) in [7, 11) is 0. The number of carbonyl (C=O) groups excluding carboxylic acids is 2. The lowest BCUT2D eigenvalue weighted by Gasteiger charge is -2.71. The Kier molecular flexibility index (Phi) is 9.04. The van der Waals surface area contributed by atoms with Crippen LogP contribution in [0.1, 0.15) is 110 Å². The van der Waals surface area contributed by atoms with E-state index in [1.165, 1.54) is 24.3 Å². The second-order valence-corrected chi connectivity index (χ2v) is 17.7. The summed E-state index contributed by atoms with van der Waals surface area (Å²) in [5, 5.41) is 26.9. The number of halogens is 3. The van der Waals surface area contributed by atoms with Crippen molar-refractivity contribution in [3.05, 3.63) is 53.6 Å². The highest BCUT2D eigenvalue weighted by Crippen LogP contribution is 2.78. The second kappa shape index (κ2) is 12.6. The highest BCUT2D eigenvalue weighted by molar-refractivity contribution is 6.00. The molecule has 2 bridgehead atoms. The predicted octanol–water partition coefficient (Wildman–Crippen LogP) is 8.25. The Bertz CT molecular complexity index is 1590. The molecule has 1 aromatic carbocycles. The maximum absolute atomic E-state index is 14.8. The number of ketones is 1. The average molecular weight is 713 g/mol. The molecule has 3 N–H and O–H groups in total. The Morgan fingerprint density at radius 1 is 0.941 bits per heavy atom. The van der Waals surface area contributed by atoms with Gasteiger partial charge in [0.1, 0.15) is 5.75 Å². The molecule has 280 valence electrons. The van der Waals surface area contributed by atoms with Gasteiger partial charge in [0.25, 0.3) is 0 Å². The van der Waals surface area contributed by atoms with Gasteiger partial charge in [0.2, 0.25) is 0 Å². The predicted molar refractivity (Wildman–Crippen MR) is 187 cm³/mol. The number of nitrogens with one attached hydrogen (secondary N) is 1. The molecule has 0 aromatic heterocycles. The van der Waals surface area contributed by atoms with Crippen LogP contribution in [-0.2, 0) is 11.3 Å². The molecule has 7 aliphatic rings. The second-order valence-electron chi connectivity index (χ2n) is 17.7. The summed E-state index contributed by atoms with van der Waals surface area (Å²) in [6.45, 7) is 8.41. The first-order valence-electron chi connectivity index (χ1n) is 19.2. The van der Waals surface area contributed by atoms with Gasteiger partial charge in [0, 0.05) is 40.3 Å². The molecule has 0 radical (unpaired) electrons. The highest BCUT2D eigenvalue weighted by Gasteiger charge is 2.74. The van der Waals surface area contributed by atoms with E-state index in [1.54, 1.807) is 4.90 Å². The molecule has 8 atom stereocenters. The van der Waals surface area contributed by atoms with Crippen LogP contribution in [0.3, 0.4) is 0 Å². The minimum Gasteiger partial charge on any atom is -0.406 e. The standard InChI is InChI=1S/C41H55F3N2O5/c1-26(2)45-35(49)46(24-27-10-12-30(13-11-27)51-41(42,43)44)25-39(50)19-16-33-37(39,4)18-15-32-36(3)17-14-29(47)22-38(36)20-21-40(32,33)31(23-38)34(48)28-8-6-5-7-9-28/h10-13,20-21,23,26,28-29,32-33,47,50H,5-9,14-19,22,24-25H2,1-4H3,(H,45,49)/t29?,32-,33-,36-,37+,38+,39-,40-/m1/s1. The molecular formula is C41H55F3N2O5. The molecule has 4 saturated carbocycles. The van der Waals surface area contributed by atoms with Crippen molar-refractivity contribution in [3.63, 3.8) is 0 Å². The maximum atomic E-state index is 14.8. The van der Waals surface area contributed by atoms with Crippen molar-refractivity contribution in [1.29, 1.82) is 0 Å². The van der Waals surface area contributed by atoms with E-state index in [0.717, 1.165) is 63.4 Å². The van der Waals surface area contributed by atoms with Crippen molar-refractivity contribution in [1.82, 2.24) is 10.2 Å². The first-order valence-corrected chi connectivity index (χ1v) is 19.2. The number of allylic oxidation sites excluding steroid dienone is 4. The van der Waals surface area contributed by atoms with Gasteiger partial charge in [-0.05, 0) is 107 Å². The van der Waals surface area contributed by atoms with Gasteiger partial charge in [-0.1, -0.05) is 63.5 Å². The van der Waals surface area contributed by atoms with Crippen molar-refractivity contribution in [2.45, 2.75) is 135 Å². The molecule has 10 heteroatoms. The topological polar surface area (TPSA) is 99.1 Å². The number of carbonyl (C=O) groups is 2. The van der Waals surface area contributed by atoms with Gasteiger partial charge in [0.05, 0.1) is 18.2 Å². The Labute approximate surface area is 300 Å². The van der Waals surface area contributed by atoms with E-state index in [4.69, 9.17) is 0 Å². The summed E-state index contributed by atoms with van der Waals surface area (Å²) in [5.74, 6) is 0.101. The maximum Gasteiger partial charge on any atom is 0.573 e. The van der Waals surface area contributed by atoms with Crippen LogP contribution in [0, 0.1) is 39.4 Å². The fourth-order valence-electron chi connectivity index (χ4n) is 12.1. The number of amides is 2. The van der Waals surface area contributed by atoms with E-state index in [-0.39, 0.29) is 65.3 Å². The molecule has 51 heavy (non-hydrogen) atoms. The van der Waals surface area contributed by atoms with Crippen LogP contribution in [0.4, 0.5) is 18.0 Å². The summed E-state index contributed by atoms with van der Waals surface area (Å²) < 4.78 is 42.5. The van der Waals surface area contributed by atoms with E-state index in [2.05, 4.69) is 42.1 Å². The first kappa shape index (κ1) is 36.5. The van der Waals surface area contributed by atoms with Crippen molar-refractivity contribution in [2.75, 3.05) is 6.54 Å². The Morgan fingerprint density at radius 2 is 1.59 bits per heavy atom. The van der Waals surface area contributed by atoms with Gasteiger partial charge in [-0.3, -0.25) is 4.79 Å². The van der Waals surface area contributed by atoms with E-state index in [1.807, 2.05) is 13.8 Å². The number of fused-ring (bicyclic) bond motifs is 1. The normalized spacial score (nSPS) is 38.8. The summed E-state index contributed by atoms with van der Waals surface area (Å²) in [5.41, 5.74) is -1.39. The lowest BCUT2D eigenvalue weighted by Crippen LogP contribution is -2.67. The minimum absolute atomic E-state index is 0.000515. The third-order valence-corrected chi connectivity index (χ3v) is 14.6. The smallest absolute Gasteiger partial charge is 0.406 e. The fraction of sp³-hybridized carbons (Fsp3) is 0.707. The van der Waals surface area contributed by atoms with Gasteiger partial charge in [-0.25, -0.2) is 4.79 Å². The van der Waals surface area contributed by atoms with Crippen LogP contribution < -0.4 is 10.1 Å². The van der Waals surface area contributed by atoms with Gasteiger partial charge in [-0.15, -0.1) is 13.2 Å². The molecule has 2 spiro atoms. The number of benzene rings is 1. The number of Topliss-reactive ketones (excluding diaryl/α,β-unsaturated/α-hetero) is 1. The van der Waals surface area contributed by atoms with Crippen molar-refractivity contribution in [3.8, 4) is 5.75 Å². The molecule has 0 aliphatic heterocycles. The molecule has 1 aromatic rings. The monoisotopic (exact) mass is 712 g/mol. The fourth-order valence-corrected chi connectivity index (χ4v) is 12.1. The average Bonchev–Trinajstić information content (AvgIpc) is 3.34. The number of aliphatic hydroxyl groups excluding tert-OH is 1. The van der Waals surface area contributed by atoms with Crippen molar-refractivity contribution in [2.24, 2.45) is 39.4 Å². The molecule has 7 nitrogen and oxygen atoms in total. The van der Waals surface area contributed by atoms with E-state index in [0.29, 0.717) is 24.8 Å². The molecule has 7 aliphatic carbocycles. The Balaban J connectivity index is 1.24. The van der Waals surface area contributed by atoms with Crippen LogP contribution in [0.2, 0.25) is 0 Å². The summed E-state index contributed by atoms with van der Waals surface area (Å²) in [6, 6.07) is 4.99. The third-order valence-electron chi connectivity index (χ3n) is 14.6. The molecule has 0 heterocycles. The number of hydrogen-bond donors (Lipinski definition) is 3. The molecule has 4 fully saturated rings. The lowest BCUT2D eigenvalue weighted by molar-refractivity contribution is -0.274. The Morgan fingerprint density at radius 3 is 2.25 bits per heavy atom. The summed E-state index contributed by atoms with van der Waals surface area (Å²) in [4.78, 5) is 30.2. The van der Waals surface area contributed by atoms with Crippen LogP contribution in [0.5, 0.6) is 5.75 Å². The first-order chi connectivity index (χ1) is 24.0. The SMILES string of the molecule is CC(C)NC(=O)N(Cc1ccc(OC(F)(F)F)cc1)C[C@]1(O)CC[C@H]2[C@]34C=C[C@@]5(C=C3C(=O)C3CCCCC3)CC(O)CC[C@]5(C)[C@H]4CC[C@@]21C. The van der Waals surface area contributed by atoms with Crippen LogP contribution in [0.25, 0.3) is 0 Å². The molecule has 2 amide bonds. The number of urea groups is 1. The zero-order chi connectivity index (χ0) is 36.6. The lowest BCUT2D eigenvalue weighted by atomic mass is 9.32. The van der Waals surface area contributed by atoms with Crippen LogP contribution >= 0.6 is 0 Å². The van der Waals surface area contributed by atoms with Gasteiger partial charge in [0.15, 0.2) is 5.78 Å². The summed E-state index contributed by atoms with van der Waals surface area (Å²) in [6.07, 6.45) is 11.8. The number of rotatable bonds is 8. The molecule has 0 saturated heterocycles. The molecular weight excluding hydrogens is 657 g/mol. The quantitative estimate of drug-likeness (QED) is 0.236. The van der Waals surface area contributed by atoms with E-state index < -0.39 is 28.9 Å². The van der Waals surface area contributed by atoms with Gasteiger partial charge in [-0.2, -0.15) is 0 Å². The number of nitrogens with zero attached hydrogens (tertiary/aromatic N) is 1. The van der Waals surface area contributed by atoms with Crippen LogP contribution in [-0.4, -0.2) is 57.6 Å². The minimum atomic E-state index is -4.81. The van der Waals surface area contributed by atoms with Gasteiger partial charge < -0.3 is 25.2 Å². The van der Waals surface area contributed by atoms with Crippen LogP contribution in [0.15, 0.2) is 48.1 Å². The zero-order valence-corrected chi connectivity index (χ0v) is 30.5. The summed E-state index contributed by atoms with van der Waals surface area (Å²) >= 11 is 0. The van der Waals surface area contributed by atoms with E-state index >= 15 is 0 Å². The number of aliphatic hydroxyl groups is 2. The van der Waals surface area contributed by atoms with Gasteiger partial charge >= 0.3 is 12.4 Å². The van der Waals surface area contributed by atoms with Crippen molar-refractivity contribution < 1.29 is 37.7 Å². The largest absolute Gasteiger partial charge is 0.573 e. The number of hydrogen-bond acceptors (Lipinski definition) is 5. The van der Waals surface area contributed by atoms with Crippen molar-refractivity contribution >= 4 is 11.8 Å².